The lowest BCUT2D eigenvalue weighted by Gasteiger charge is -2.15. The molecule has 1 atom stereocenters. The maximum absolute atomic E-state index is 12.2. The van der Waals surface area contributed by atoms with Gasteiger partial charge >= 0.3 is 0 Å². The standard InChI is InChI=1S/C17H18ClNO/c1-3-12(2)15-6-4-5-7-16(15)19-17(20)13-8-10-14(18)11-9-13/h4-12H,3H2,1-2H3,(H,19,20). The molecule has 104 valence electrons. The number of hydrogen-bond donors (Lipinski definition) is 1. The van der Waals surface area contributed by atoms with Crippen LogP contribution in [-0.4, -0.2) is 5.91 Å². The Morgan fingerprint density at radius 2 is 1.80 bits per heavy atom. The lowest BCUT2D eigenvalue weighted by atomic mass is 9.97. The SMILES string of the molecule is CCC(C)c1ccccc1NC(=O)c1ccc(Cl)cc1. The van der Waals surface area contributed by atoms with Crippen LogP contribution in [0.3, 0.4) is 0 Å². The second-order valence-corrected chi connectivity index (χ2v) is 5.29. The van der Waals surface area contributed by atoms with Crippen LogP contribution in [0.25, 0.3) is 0 Å². The monoisotopic (exact) mass is 287 g/mol. The summed E-state index contributed by atoms with van der Waals surface area (Å²) in [5.41, 5.74) is 2.65. The summed E-state index contributed by atoms with van der Waals surface area (Å²) < 4.78 is 0. The Hall–Kier alpha value is -1.80. The molecule has 3 heteroatoms. The quantitative estimate of drug-likeness (QED) is 0.832. The van der Waals surface area contributed by atoms with E-state index in [-0.39, 0.29) is 5.91 Å². The molecule has 0 aliphatic heterocycles. The number of nitrogens with one attached hydrogen (secondary N) is 1. The van der Waals surface area contributed by atoms with E-state index in [2.05, 4.69) is 25.2 Å². The third-order valence-corrected chi connectivity index (χ3v) is 3.71. The predicted octanol–water partition coefficient (Wildman–Crippen LogP) is 5.11. The van der Waals surface area contributed by atoms with Crippen LogP contribution in [0.5, 0.6) is 0 Å². The van der Waals surface area contributed by atoms with E-state index in [0.717, 1.165) is 17.7 Å². The number of benzene rings is 2. The van der Waals surface area contributed by atoms with Crippen LogP contribution in [0.4, 0.5) is 5.69 Å². The number of halogens is 1. The third kappa shape index (κ3) is 3.40. The van der Waals surface area contributed by atoms with Gasteiger partial charge in [-0.2, -0.15) is 0 Å². The first-order chi connectivity index (χ1) is 9.61. The van der Waals surface area contributed by atoms with Gasteiger partial charge in [-0.3, -0.25) is 4.79 Å². The summed E-state index contributed by atoms with van der Waals surface area (Å²) in [5.74, 6) is 0.300. The lowest BCUT2D eigenvalue weighted by molar-refractivity contribution is 0.102. The molecule has 0 heterocycles. The molecular formula is C17H18ClNO. The summed E-state index contributed by atoms with van der Waals surface area (Å²) in [4.78, 5) is 12.2. The van der Waals surface area contributed by atoms with E-state index in [4.69, 9.17) is 11.6 Å². The topological polar surface area (TPSA) is 29.1 Å². The van der Waals surface area contributed by atoms with Gasteiger partial charge in [0.1, 0.15) is 0 Å². The van der Waals surface area contributed by atoms with E-state index >= 15 is 0 Å². The van der Waals surface area contributed by atoms with Crippen LogP contribution in [0.1, 0.15) is 42.1 Å². The Bertz CT molecular complexity index is 592. The second kappa shape index (κ2) is 6.58. The van der Waals surface area contributed by atoms with E-state index in [1.807, 2.05) is 18.2 Å². The number of amides is 1. The fourth-order valence-electron chi connectivity index (χ4n) is 2.06. The number of rotatable bonds is 4. The van der Waals surface area contributed by atoms with Crippen LogP contribution in [0.15, 0.2) is 48.5 Å². The van der Waals surface area contributed by atoms with Crippen LogP contribution in [0.2, 0.25) is 5.02 Å². The van der Waals surface area contributed by atoms with Gasteiger partial charge in [0.15, 0.2) is 0 Å². The Labute approximate surface area is 124 Å². The van der Waals surface area contributed by atoms with Crippen molar-refractivity contribution in [3.05, 3.63) is 64.7 Å². The molecule has 1 amide bonds. The smallest absolute Gasteiger partial charge is 0.255 e. The molecule has 0 aliphatic rings. The Balaban J connectivity index is 2.21. The van der Waals surface area contributed by atoms with E-state index < -0.39 is 0 Å². The van der Waals surface area contributed by atoms with Crippen molar-refractivity contribution in [2.45, 2.75) is 26.2 Å². The summed E-state index contributed by atoms with van der Waals surface area (Å²) in [6, 6.07) is 14.8. The minimum absolute atomic E-state index is 0.114. The highest BCUT2D eigenvalue weighted by molar-refractivity contribution is 6.30. The zero-order chi connectivity index (χ0) is 14.5. The van der Waals surface area contributed by atoms with Crippen molar-refractivity contribution >= 4 is 23.2 Å². The van der Waals surface area contributed by atoms with Crippen LogP contribution >= 0.6 is 11.6 Å². The zero-order valence-corrected chi connectivity index (χ0v) is 12.4. The van der Waals surface area contributed by atoms with Gasteiger partial charge in [0.05, 0.1) is 0 Å². The fraction of sp³-hybridized carbons (Fsp3) is 0.235. The summed E-state index contributed by atoms with van der Waals surface area (Å²) in [7, 11) is 0. The van der Waals surface area contributed by atoms with Gasteiger partial charge in [-0.05, 0) is 48.2 Å². The van der Waals surface area contributed by atoms with Gasteiger partial charge in [0.25, 0.3) is 5.91 Å². The van der Waals surface area contributed by atoms with Gasteiger partial charge < -0.3 is 5.32 Å². The minimum Gasteiger partial charge on any atom is -0.322 e. The number of carbonyl (C=O) groups excluding carboxylic acids is 1. The highest BCUT2D eigenvalue weighted by atomic mass is 35.5. The molecule has 0 aliphatic carbocycles. The van der Waals surface area contributed by atoms with Crippen molar-refractivity contribution in [1.82, 2.24) is 0 Å². The van der Waals surface area contributed by atoms with Crippen LogP contribution in [-0.2, 0) is 0 Å². The molecule has 0 fully saturated rings. The van der Waals surface area contributed by atoms with Crippen molar-refractivity contribution in [1.29, 1.82) is 0 Å². The molecule has 1 unspecified atom stereocenters. The van der Waals surface area contributed by atoms with Crippen molar-refractivity contribution in [3.8, 4) is 0 Å². The van der Waals surface area contributed by atoms with E-state index in [1.165, 1.54) is 0 Å². The molecule has 20 heavy (non-hydrogen) atoms. The Morgan fingerprint density at radius 1 is 1.15 bits per heavy atom. The Morgan fingerprint density at radius 3 is 2.45 bits per heavy atom. The average Bonchev–Trinajstić information content (AvgIpc) is 2.47. The first kappa shape index (κ1) is 14.6. The molecule has 1 N–H and O–H groups in total. The van der Waals surface area contributed by atoms with Gasteiger partial charge in [-0.15, -0.1) is 0 Å². The molecule has 0 aromatic heterocycles. The summed E-state index contributed by atoms with van der Waals surface area (Å²) >= 11 is 5.83. The van der Waals surface area contributed by atoms with Crippen LogP contribution < -0.4 is 5.32 Å². The van der Waals surface area contributed by atoms with Gasteiger partial charge in [-0.1, -0.05) is 43.6 Å². The molecule has 0 saturated heterocycles. The molecule has 2 rings (SSSR count). The van der Waals surface area contributed by atoms with Crippen LogP contribution in [0, 0.1) is 0 Å². The maximum atomic E-state index is 12.2. The van der Waals surface area contributed by atoms with Crippen molar-refractivity contribution in [3.63, 3.8) is 0 Å². The van der Waals surface area contributed by atoms with E-state index in [9.17, 15) is 4.79 Å². The molecule has 0 bridgehead atoms. The first-order valence-corrected chi connectivity index (χ1v) is 7.15. The van der Waals surface area contributed by atoms with Crippen molar-refractivity contribution in [2.75, 3.05) is 5.32 Å². The molecule has 0 saturated carbocycles. The molecule has 2 aromatic rings. The average molecular weight is 288 g/mol. The third-order valence-electron chi connectivity index (χ3n) is 3.46. The van der Waals surface area contributed by atoms with E-state index in [1.54, 1.807) is 24.3 Å². The van der Waals surface area contributed by atoms with E-state index in [0.29, 0.717) is 16.5 Å². The number of carbonyl (C=O) groups is 1. The fourth-order valence-corrected chi connectivity index (χ4v) is 2.18. The first-order valence-electron chi connectivity index (χ1n) is 6.77. The Kier molecular flexibility index (Phi) is 4.80. The molecule has 2 aromatic carbocycles. The molecule has 0 spiro atoms. The second-order valence-electron chi connectivity index (χ2n) is 4.86. The number of hydrogen-bond acceptors (Lipinski definition) is 1. The highest BCUT2D eigenvalue weighted by Crippen LogP contribution is 2.26. The minimum atomic E-state index is -0.114. The van der Waals surface area contributed by atoms with Gasteiger partial charge in [0, 0.05) is 16.3 Å². The zero-order valence-electron chi connectivity index (χ0n) is 11.7. The summed E-state index contributed by atoms with van der Waals surface area (Å²) in [6.45, 7) is 4.30. The highest BCUT2D eigenvalue weighted by Gasteiger charge is 2.12. The maximum Gasteiger partial charge on any atom is 0.255 e. The summed E-state index contributed by atoms with van der Waals surface area (Å²) in [6.07, 6.45) is 1.04. The molecule has 0 radical (unpaired) electrons. The number of para-hydroxylation sites is 1. The van der Waals surface area contributed by atoms with Gasteiger partial charge in [-0.25, -0.2) is 0 Å². The molecule has 2 nitrogen and oxygen atoms in total. The summed E-state index contributed by atoms with van der Waals surface area (Å²) in [5, 5.41) is 3.61. The largest absolute Gasteiger partial charge is 0.322 e. The van der Waals surface area contributed by atoms with Gasteiger partial charge in [0.2, 0.25) is 0 Å². The predicted molar refractivity (Wildman–Crippen MR) is 84.6 cm³/mol. The number of anilines is 1. The normalized spacial score (nSPS) is 11.9. The lowest BCUT2D eigenvalue weighted by Crippen LogP contribution is -2.13. The molecular weight excluding hydrogens is 270 g/mol. The van der Waals surface area contributed by atoms with Crippen molar-refractivity contribution in [2.24, 2.45) is 0 Å². The van der Waals surface area contributed by atoms with Crippen molar-refractivity contribution < 1.29 is 4.79 Å².